The Hall–Kier alpha value is -6.76. The predicted molar refractivity (Wildman–Crippen MR) is 271 cm³/mol. The van der Waals surface area contributed by atoms with Crippen molar-refractivity contribution in [3.63, 3.8) is 0 Å². The summed E-state index contributed by atoms with van der Waals surface area (Å²) in [6, 6.07) is 49.3. The van der Waals surface area contributed by atoms with Gasteiger partial charge in [-0.2, -0.15) is 0 Å². The Morgan fingerprint density at radius 3 is 2.03 bits per heavy atom. The van der Waals surface area contributed by atoms with Crippen molar-refractivity contribution < 1.29 is 8.83 Å². The van der Waals surface area contributed by atoms with Crippen LogP contribution in [0.4, 0.5) is 11.4 Å². The molecule has 0 atom stereocenters. The zero-order valence-corrected chi connectivity index (χ0v) is 37.3. The molecule has 0 amide bonds. The molecule has 0 unspecified atom stereocenters. The van der Waals surface area contributed by atoms with Gasteiger partial charge in [0.2, 0.25) is 0 Å². The molecule has 4 nitrogen and oxygen atoms in total. The second-order valence-corrected chi connectivity index (χ2v) is 20.8. The molecule has 63 heavy (non-hydrogen) atoms. The van der Waals surface area contributed by atoms with Crippen LogP contribution in [0.2, 0.25) is 0 Å². The maximum Gasteiger partial charge on any atom is 0.197 e. The number of aromatic nitrogens is 1. The molecule has 0 bridgehead atoms. The lowest BCUT2D eigenvalue weighted by Gasteiger charge is -2.25. The fourth-order valence-corrected chi connectivity index (χ4v) is 11.5. The van der Waals surface area contributed by atoms with Crippen LogP contribution in [-0.4, -0.2) is 11.8 Å². The van der Waals surface area contributed by atoms with Crippen molar-refractivity contribution in [2.75, 3.05) is 5.32 Å². The summed E-state index contributed by atoms with van der Waals surface area (Å²) >= 11 is 1.87. The first kappa shape index (κ1) is 36.9. The highest BCUT2D eigenvalue weighted by atomic mass is 32.1. The summed E-state index contributed by atoms with van der Waals surface area (Å²) in [7, 11) is 2.44. The van der Waals surface area contributed by atoms with E-state index in [1.54, 1.807) is 0 Å². The minimum Gasteiger partial charge on any atom is -0.456 e. The van der Waals surface area contributed by atoms with Gasteiger partial charge in [-0.3, -0.25) is 0 Å². The monoisotopic (exact) mass is 831 g/mol. The van der Waals surface area contributed by atoms with Gasteiger partial charge in [-0.05, 0) is 112 Å². The molecule has 5 heterocycles. The van der Waals surface area contributed by atoms with Gasteiger partial charge in [0.15, 0.2) is 7.28 Å². The number of nitrogens with zero attached hydrogens (tertiary/aromatic N) is 1. The lowest BCUT2D eigenvalue weighted by Crippen LogP contribution is -2.37. The number of anilines is 2. The topological polar surface area (TPSA) is 43.2 Å². The lowest BCUT2D eigenvalue weighted by molar-refractivity contribution is 0.587. The normalized spacial score (nSPS) is 13.1. The molecule has 0 aliphatic carbocycles. The van der Waals surface area contributed by atoms with Crippen molar-refractivity contribution in [2.24, 2.45) is 0 Å². The van der Waals surface area contributed by atoms with Gasteiger partial charge in [-0.25, -0.2) is 0 Å². The van der Waals surface area contributed by atoms with E-state index < -0.39 is 0 Å². The molecule has 6 heteroatoms. The Balaban J connectivity index is 1.12. The van der Waals surface area contributed by atoms with Crippen LogP contribution in [0.1, 0.15) is 58.2 Å². The maximum absolute atomic E-state index is 6.84. The highest BCUT2D eigenvalue weighted by Crippen LogP contribution is 2.45. The first-order chi connectivity index (χ1) is 30.4. The van der Waals surface area contributed by atoms with Crippen LogP contribution < -0.4 is 16.2 Å². The number of benzene rings is 8. The molecular formula is C57H44BN2O2S. The summed E-state index contributed by atoms with van der Waals surface area (Å²) in [5.74, 6) is 0. The van der Waals surface area contributed by atoms with E-state index in [-0.39, 0.29) is 10.8 Å². The first-order valence-electron chi connectivity index (χ1n) is 22.0. The third-order valence-corrected chi connectivity index (χ3v) is 14.8. The Kier molecular flexibility index (Phi) is 7.42. The van der Waals surface area contributed by atoms with E-state index in [1.165, 1.54) is 75.3 Å². The summed E-state index contributed by atoms with van der Waals surface area (Å²) in [5.41, 5.74) is 17.7. The highest BCUT2D eigenvalue weighted by Gasteiger charge is 2.30. The smallest absolute Gasteiger partial charge is 0.197 e. The molecule has 0 fully saturated rings. The minimum atomic E-state index is 0.00150. The van der Waals surface area contributed by atoms with Gasteiger partial charge in [0.25, 0.3) is 0 Å². The molecule has 0 spiro atoms. The number of para-hydroxylation sites is 1. The van der Waals surface area contributed by atoms with Crippen LogP contribution in [-0.2, 0) is 10.8 Å². The predicted octanol–water partition coefficient (Wildman–Crippen LogP) is 15.2. The third-order valence-electron chi connectivity index (χ3n) is 13.6. The van der Waals surface area contributed by atoms with Gasteiger partial charge in [0.05, 0.1) is 5.52 Å². The second-order valence-electron chi connectivity index (χ2n) is 19.7. The zero-order valence-electron chi connectivity index (χ0n) is 36.5. The van der Waals surface area contributed by atoms with E-state index in [0.29, 0.717) is 0 Å². The fraction of sp³-hybridized carbons (Fsp3) is 0.158. The Bertz CT molecular complexity index is 3940. The number of hydrogen-bond acceptors (Lipinski definition) is 4. The molecule has 4 aromatic heterocycles. The van der Waals surface area contributed by atoms with Gasteiger partial charge in [0, 0.05) is 80.6 Å². The number of fused-ring (bicyclic) bond motifs is 14. The number of furan rings is 2. The van der Waals surface area contributed by atoms with E-state index in [1.807, 2.05) is 11.3 Å². The standard InChI is InChI=1S/C57H44BN2O2S/c1-30-22-41(37-27-49-38(35-21-18-32(57(5,6)7)23-48(35)62-49)24-44(37)59-33-19-16-31(17-20-33)56(2,3)4)54-55-53(30)42-28-50-39(34-12-8-10-14-47(34)61-50)25-45(42)60(55)46-26-40-36-13-9-11-15-51(36)63-52(40)29-43(46)58-54/h8-29,59H,1-7H3. The summed E-state index contributed by atoms with van der Waals surface area (Å²) in [6.07, 6.45) is 0. The number of aryl methyl sites for hydroxylation is 1. The van der Waals surface area contributed by atoms with Crippen LogP contribution in [0, 0.1) is 6.92 Å². The van der Waals surface area contributed by atoms with E-state index in [2.05, 4.69) is 199 Å². The Morgan fingerprint density at radius 1 is 0.540 bits per heavy atom. The van der Waals surface area contributed by atoms with E-state index >= 15 is 0 Å². The van der Waals surface area contributed by atoms with E-state index in [9.17, 15) is 0 Å². The molecular weight excluding hydrogens is 788 g/mol. The molecule has 303 valence electrons. The van der Waals surface area contributed by atoms with Gasteiger partial charge in [0.1, 0.15) is 22.3 Å². The van der Waals surface area contributed by atoms with Crippen molar-refractivity contribution in [2.45, 2.75) is 59.3 Å². The van der Waals surface area contributed by atoms with Crippen LogP contribution >= 0.6 is 11.3 Å². The molecule has 1 radical (unpaired) electrons. The molecule has 0 saturated carbocycles. The molecule has 13 rings (SSSR count). The summed E-state index contributed by atoms with van der Waals surface area (Å²) < 4.78 is 18.5. The minimum absolute atomic E-state index is 0.00150. The maximum atomic E-state index is 6.84. The van der Waals surface area contributed by atoms with Crippen molar-refractivity contribution >= 4 is 127 Å². The summed E-state index contributed by atoms with van der Waals surface area (Å²) in [5, 5.41) is 13.4. The van der Waals surface area contributed by atoms with Gasteiger partial charge >= 0.3 is 0 Å². The van der Waals surface area contributed by atoms with Crippen molar-refractivity contribution in [1.29, 1.82) is 0 Å². The lowest BCUT2D eigenvalue weighted by atomic mass is 9.58. The van der Waals surface area contributed by atoms with Crippen LogP contribution in [0.25, 0.3) is 103 Å². The number of rotatable bonds is 3. The van der Waals surface area contributed by atoms with Crippen molar-refractivity contribution in [1.82, 2.24) is 4.57 Å². The van der Waals surface area contributed by atoms with Gasteiger partial charge in [-0.1, -0.05) is 114 Å². The number of nitrogens with one attached hydrogen (secondary N) is 1. The largest absolute Gasteiger partial charge is 0.456 e. The Labute approximate surface area is 370 Å². The molecule has 12 aromatic rings. The summed E-state index contributed by atoms with van der Waals surface area (Å²) in [6.45, 7) is 15.8. The molecule has 1 N–H and O–H groups in total. The number of hydrogen-bond donors (Lipinski definition) is 1. The second kappa shape index (κ2) is 12.7. The third kappa shape index (κ3) is 5.40. The quantitative estimate of drug-likeness (QED) is 0.180. The Morgan fingerprint density at radius 2 is 1.22 bits per heavy atom. The molecule has 1 aliphatic heterocycles. The van der Waals surface area contributed by atoms with Crippen LogP contribution in [0.15, 0.2) is 142 Å². The SMILES string of the molecule is Cc1cc(-c2cc3oc4cc(C(C)(C)C)ccc4c3cc2Nc2ccc(C(C)(C)C)cc2)c2c3c1c1cc4oc5ccccc5c4cc1n3-c1cc3c(cc1[B]2)sc1ccccc13. The number of thiophene rings is 1. The molecule has 8 aromatic carbocycles. The van der Waals surface area contributed by atoms with Gasteiger partial charge in [-0.15, -0.1) is 11.3 Å². The highest BCUT2D eigenvalue weighted by molar-refractivity contribution is 7.26. The first-order valence-corrected chi connectivity index (χ1v) is 22.8. The molecule has 1 aliphatic rings. The summed E-state index contributed by atoms with van der Waals surface area (Å²) in [4.78, 5) is 0. The van der Waals surface area contributed by atoms with E-state index in [0.717, 1.165) is 66.4 Å². The van der Waals surface area contributed by atoms with E-state index in [4.69, 9.17) is 8.83 Å². The van der Waals surface area contributed by atoms with Crippen molar-refractivity contribution in [3.05, 3.63) is 150 Å². The zero-order chi connectivity index (χ0) is 42.7. The fourth-order valence-electron chi connectivity index (χ4n) is 10.3. The van der Waals surface area contributed by atoms with Gasteiger partial charge < -0.3 is 18.7 Å². The van der Waals surface area contributed by atoms with Crippen LogP contribution in [0.5, 0.6) is 0 Å². The average molecular weight is 832 g/mol. The molecule has 0 saturated heterocycles. The van der Waals surface area contributed by atoms with Crippen LogP contribution in [0.3, 0.4) is 0 Å². The average Bonchev–Trinajstić information content (AvgIpc) is 4.01. The van der Waals surface area contributed by atoms with Crippen molar-refractivity contribution in [3.8, 4) is 16.8 Å².